The average molecular weight is 375 g/mol. The molecule has 1 unspecified atom stereocenters. The Balaban J connectivity index is 0.00000243. The molecular formula is C20H23ClN2O3. The van der Waals surface area contributed by atoms with E-state index in [1.807, 2.05) is 54.7 Å². The van der Waals surface area contributed by atoms with Crippen molar-refractivity contribution in [3.05, 3.63) is 65.9 Å². The maximum Gasteiger partial charge on any atom is 0.352 e. The number of ether oxygens (including phenoxy) is 2. The van der Waals surface area contributed by atoms with E-state index < -0.39 is 12.1 Å². The van der Waals surface area contributed by atoms with Gasteiger partial charge in [0.15, 0.2) is 0 Å². The summed E-state index contributed by atoms with van der Waals surface area (Å²) in [6, 6.07) is 15.1. The summed E-state index contributed by atoms with van der Waals surface area (Å²) in [5, 5.41) is 1.05. The van der Waals surface area contributed by atoms with Crippen molar-refractivity contribution in [3.63, 3.8) is 0 Å². The van der Waals surface area contributed by atoms with Gasteiger partial charge in [0.2, 0.25) is 6.10 Å². The van der Waals surface area contributed by atoms with Crippen molar-refractivity contribution in [3.8, 4) is 5.75 Å². The highest BCUT2D eigenvalue weighted by Gasteiger charge is 2.24. The fraction of sp³-hybridized carbons (Fsp3) is 0.250. The summed E-state index contributed by atoms with van der Waals surface area (Å²) in [6.45, 7) is 2.67. The van der Waals surface area contributed by atoms with Gasteiger partial charge in [0.1, 0.15) is 5.75 Å². The third kappa shape index (κ3) is 4.36. The van der Waals surface area contributed by atoms with Crippen molar-refractivity contribution in [2.45, 2.75) is 19.4 Å². The summed E-state index contributed by atoms with van der Waals surface area (Å²) in [5.41, 5.74) is 8.59. The number of halogens is 1. The first-order chi connectivity index (χ1) is 12.2. The molecule has 6 heteroatoms. The SMILES string of the molecule is CCOC(=O)C(Oc1ccc2[nH]cc(CCN)c2c1)c1ccccc1.Cl. The normalized spacial score (nSPS) is 11.6. The Hall–Kier alpha value is -2.50. The number of nitrogens with two attached hydrogens (primary N) is 1. The van der Waals surface area contributed by atoms with Crippen LogP contribution in [0.2, 0.25) is 0 Å². The van der Waals surface area contributed by atoms with Crippen LogP contribution in [0.1, 0.15) is 24.2 Å². The minimum absolute atomic E-state index is 0. The number of rotatable bonds is 7. The Kier molecular flexibility index (Phi) is 7.06. The van der Waals surface area contributed by atoms with E-state index >= 15 is 0 Å². The third-order valence-corrected chi connectivity index (χ3v) is 4.01. The molecule has 0 fully saturated rings. The topological polar surface area (TPSA) is 77.3 Å². The van der Waals surface area contributed by atoms with Gasteiger partial charge in [-0.1, -0.05) is 30.3 Å². The van der Waals surface area contributed by atoms with E-state index in [4.69, 9.17) is 15.2 Å². The minimum Gasteiger partial charge on any atom is -0.474 e. The molecule has 0 spiro atoms. The lowest BCUT2D eigenvalue weighted by molar-refractivity contribution is -0.151. The number of hydrogen-bond donors (Lipinski definition) is 2. The number of carbonyl (C=O) groups excluding carboxylic acids is 1. The summed E-state index contributed by atoms with van der Waals surface area (Å²) in [6.07, 6.45) is 1.95. The number of aromatic nitrogens is 1. The molecule has 0 aliphatic heterocycles. The van der Waals surface area contributed by atoms with Crippen LogP contribution in [0.15, 0.2) is 54.7 Å². The van der Waals surface area contributed by atoms with E-state index in [2.05, 4.69) is 4.98 Å². The van der Waals surface area contributed by atoms with Gasteiger partial charge in [-0.3, -0.25) is 0 Å². The van der Waals surface area contributed by atoms with Gasteiger partial charge in [0.25, 0.3) is 0 Å². The van der Waals surface area contributed by atoms with Gasteiger partial charge in [-0.05, 0) is 43.7 Å². The number of carbonyl (C=O) groups is 1. The van der Waals surface area contributed by atoms with E-state index in [1.165, 1.54) is 0 Å². The Bertz CT molecular complexity index is 849. The van der Waals surface area contributed by atoms with Gasteiger partial charge in [-0.15, -0.1) is 12.4 Å². The molecule has 3 N–H and O–H groups in total. The highest BCUT2D eigenvalue weighted by Crippen LogP contribution is 2.28. The van der Waals surface area contributed by atoms with Gasteiger partial charge < -0.3 is 20.2 Å². The zero-order chi connectivity index (χ0) is 17.6. The Labute approximate surface area is 158 Å². The van der Waals surface area contributed by atoms with Crippen LogP contribution >= 0.6 is 12.4 Å². The summed E-state index contributed by atoms with van der Waals surface area (Å²) >= 11 is 0. The molecule has 2 aromatic carbocycles. The van der Waals surface area contributed by atoms with E-state index in [-0.39, 0.29) is 12.4 Å². The average Bonchev–Trinajstić information content (AvgIpc) is 3.03. The van der Waals surface area contributed by atoms with Crippen LogP contribution in [-0.4, -0.2) is 24.1 Å². The molecule has 0 amide bonds. The van der Waals surface area contributed by atoms with Crippen LogP contribution in [0.4, 0.5) is 0 Å². The molecule has 138 valence electrons. The molecule has 0 saturated heterocycles. The molecule has 0 saturated carbocycles. The standard InChI is InChI=1S/C20H22N2O3.ClH/c1-2-24-20(23)19(14-6-4-3-5-7-14)25-16-8-9-18-17(12-16)15(10-11-21)13-22-18;/h3-9,12-13,19,22H,2,10-11,21H2,1H3;1H. The Morgan fingerprint density at radius 1 is 1.19 bits per heavy atom. The van der Waals surface area contributed by atoms with Crippen LogP contribution in [0.25, 0.3) is 10.9 Å². The third-order valence-electron chi connectivity index (χ3n) is 4.01. The van der Waals surface area contributed by atoms with Crippen LogP contribution in [0, 0.1) is 0 Å². The Morgan fingerprint density at radius 2 is 1.96 bits per heavy atom. The highest BCUT2D eigenvalue weighted by molar-refractivity contribution is 5.85. The molecule has 0 bridgehead atoms. The predicted octanol–water partition coefficient (Wildman–Crippen LogP) is 3.77. The van der Waals surface area contributed by atoms with E-state index in [0.29, 0.717) is 18.9 Å². The summed E-state index contributed by atoms with van der Waals surface area (Å²) in [5.74, 6) is 0.220. The zero-order valence-electron chi connectivity index (χ0n) is 14.6. The quantitative estimate of drug-likeness (QED) is 0.617. The monoisotopic (exact) mass is 374 g/mol. The smallest absolute Gasteiger partial charge is 0.352 e. The first-order valence-electron chi connectivity index (χ1n) is 8.41. The summed E-state index contributed by atoms with van der Waals surface area (Å²) in [4.78, 5) is 15.6. The lowest BCUT2D eigenvalue weighted by atomic mass is 10.1. The first kappa shape index (κ1) is 19.8. The number of H-pyrrole nitrogens is 1. The molecule has 0 radical (unpaired) electrons. The van der Waals surface area contributed by atoms with E-state index in [0.717, 1.165) is 28.5 Å². The lowest BCUT2D eigenvalue weighted by Crippen LogP contribution is -2.21. The fourth-order valence-electron chi connectivity index (χ4n) is 2.83. The van der Waals surface area contributed by atoms with E-state index in [1.54, 1.807) is 6.92 Å². The number of benzene rings is 2. The predicted molar refractivity (Wildman–Crippen MR) is 105 cm³/mol. The Morgan fingerprint density at radius 3 is 2.65 bits per heavy atom. The molecule has 1 aromatic heterocycles. The summed E-state index contributed by atoms with van der Waals surface area (Å²) < 4.78 is 11.2. The van der Waals surface area contributed by atoms with Crippen LogP contribution in [0.5, 0.6) is 5.75 Å². The molecule has 0 aliphatic rings. The number of fused-ring (bicyclic) bond motifs is 1. The lowest BCUT2D eigenvalue weighted by Gasteiger charge is -2.18. The van der Waals surface area contributed by atoms with Crippen LogP contribution < -0.4 is 10.5 Å². The zero-order valence-corrected chi connectivity index (χ0v) is 15.4. The first-order valence-corrected chi connectivity index (χ1v) is 8.41. The van der Waals surface area contributed by atoms with Crippen molar-refractivity contribution in [2.75, 3.05) is 13.2 Å². The molecule has 1 heterocycles. The molecule has 3 aromatic rings. The van der Waals surface area contributed by atoms with Crippen molar-refractivity contribution in [2.24, 2.45) is 5.73 Å². The minimum atomic E-state index is -0.796. The number of esters is 1. The maximum absolute atomic E-state index is 12.4. The second-order valence-corrected chi connectivity index (χ2v) is 5.72. The van der Waals surface area contributed by atoms with Gasteiger partial charge in [0, 0.05) is 22.7 Å². The highest BCUT2D eigenvalue weighted by atomic mass is 35.5. The van der Waals surface area contributed by atoms with Gasteiger partial charge >= 0.3 is 5.97 Å². The second-order valence-electron chi connectivity index (χ2n) is 5.72. The molecule has 3 rings (SSSR count). The number of nitrogens with one attached hydrogen (secondary N) is 1. The van der Waals surface area contributed by atoms with Gasteiger partial charge in [0.05, 0.1) is 6.61 Å². The molecule has 1 atom stereocenters. The molecule has 0 aliphatic carbocycles. The van der Waals surface area contributed by atoms with Crippen molar-refractivity contribution < 1.29 is 14.3 Å². The largest absolute Gasteiger partial charge is 0.474 e. The van der Waals surface area contributed by atoms with Crippen molar-refractivity contribution >= 4 is 29.3 Å². The van der Waals surface area contributed by atoms with E-state index in [9.17, 15) is 4.79 Å². The van der Waals surface area contributed by atoms with Crippen LogP contribution in [0.3, 0.4) is 0 Å². The molecule has 5 nitrogen and oxygen atoms in total. The molecular weight excluding hydrogens is 352 g/mol. The van der Waals surface area contributed by atoms with Gasteiger partial charge in [-0.25, -0.2) is 4.79 Å². The number of hydrogen-bond acceptors (Lipinski definition) is 4. The molecule has 26 heavy (non-hydrogen) atoms. The van der Waals surface area contributed by atoms with Crippen molar-refractivity contribution in [1.29, 1.82) is 0 Å². The van der Waals surface area contributed by atoms with Gasteiger partial charge in [-0.2, -0.15) is 0 Å². The summed E-state index contributed by atoms with van der Waals surface area (Å²) in [7, 11) is 0. The maximum atomic E-state index is 12.4. The van der Waals surface area contributed by atoms with Crippen LogP contribution in [-0.2, 0) is 16.0 Å². The van der Waals surface area contributed by atoms with Crippen molar-refractivity contribution in [1.82, 2.24) is 4.98 Å². The number of aromatic amines is 1. The fourth-order valence-corrected chi connectivity index (χ4v) is 2.83. The second kappa shape index (κ2) is 9.27.